The average molecular weight is 260 g/mol. The number of aliphatic hydroxyl groups excluding tert-OH is 1. The molecule has 3 aliphatic heterocycles. The van der Waals surface area contributed by atoms with Gasteiger partial charge in [-0.1, -0.05) is 12.1 Å². The first-order chi connectivity index (χ1) is 9.28. The van der Waals surface area contributed by atoms with Crippen molar-refractivity contribution in [2.75, 3.05) is 24.6 Å². The van der Waals surface area contributed by atoms with Gasteiger partial charge in [0.2, 0.25) is 0 Å². The Bertz CT molecular complexity index is 468. The van der Waals surface area contributed by atoms with Crippen molar-refractivity contribution in [1.29, 1.82) is 0 Å². The third-order valence-electron chi connectivity index (χ3n) is 4.76. The van der Waals surface area contributed by atoms with Crippen LogP contribution < -0.4 is 4.90 Å². The average Bonchev–Trinajstić information content (AvgIpc) is 3.06. The van der Waals surface area contributed by atoms with Gasteiger partial charge in [0.05, 0.1) is 0 Å². The number of fused-ring (bicyclic) bond motifs is 1. The van der Waals surface area contributed by atoms with Gasteiger partial charge in [-0.25, -0.2) is 0 Å². The zero-order valence-electron chi connectivity index (χ0n) is 11.2. The lowest BCUT2D eigenvalue weighted by molar-refractivity contribution is -0.0979. The van der Waals surface area contributed by atoms with Gasteiger partial charge in [0, 0.05) is 49.1 Å². The van der Waals surface area contributed by atoms with Crippen LogP contribution in [0.3, 0.4) is 0 Å². The van der Waals surface area contributed by atoms with E-state index in [1.807, 2.05) is 19.1 Å². The highest BCUT2D eigenvalue weighted by molar-refractivity contribution is 5.50. The second-order valence-electron chi connectivity index (χ2n) is 5.78. The minimum Gasteiger partial charge on any atom is -0.368 e. The Morgan fingerprint density at radius 3 is 2.74 bits per heavy atom. The summed E-state index contributed by atoms with van der Waals surface area (Å²) in [5.74, 6) is 0. The first-order valence-electron chi connectivity index (χ1n) is 7.20. The highest BCUT2D eigenvalue weighted by Gasteiger charge is 2.63. The summed E-state index contributed by atoms with van der Waals surface area (Å²) in [5, 5.41) is 9.78. The summed E-state index contributed by atoms with van der Waals surface area (Å²) in [6, 6.07) is 10.7. The van der Waals surface area contributed by atoms with E-state index in [-0.39, 0.29) is 0 Å². The van der Waals surface area contributed by atoms with Crippen LogP contribution in [0.25, 0.3) is 0 Å². The number of ether oxygens (including phenoxy) is 1. The highest BCUT2D eigenvalue weighted by Crippen LogP contribution is 2.49. The highest BCUT2D eigenvalue weighted by atomic mass is 16.6. The van der Waals surface area contributed by atoms with E-state index in [2.05, 4.69) is 21.9 Å². The van der Waals surface area contributed by atoms with Crippen LogP contribution in [-0.2, 0) is 4.74 Å². The summed E-state index contributed by atoms with van der Waals surface area (Å²) in [6.45, 7) is 4.73. The zero-order chi connectivity index (χ0) is 13.0. The fraction of sp³-hybridized carbons (Fsp3) is 0.600. The third-order valence-corrected chi connectivity index (χ3v) is 4.76. The molecule has 4 heteroatoms. The molecule has 3 aliphatic rings. The molecule has 3 heterocycles. The van der Waals surface area contributed by atoms with Crippen LogP contribution in [0.15, 0.2) is 24.3 Å². The molecule has 3 fully saturated rings. The molecular formula is C15H20N2O2. The Morgan fingerprint density at radius 1 is 1.26 bits per heavy atom. The van der Waals surface area contributed by atoms with Gasteiger partial charge in [-0.15, -0.1) is 0 Å². The molecule has 4 nitrogen and oxygen atoms in total. The topological polar surface area (TPSA) is 35.7 Å². The van der Waals surface area contributed by atoms with Gasteiger partial charge in [0.1, 0.15) is 0 Å². The summed E-state index contributed by atoms with van der Waals surface area (Å²) in [6.07, 6.45) is 0.592. The molecular weight excluding hydrogens is 240 g/mol. The lowest BCUT2D eigenvalue weighted by Crippen LogP contribution is -2.47. The molecule has 0 aromatic heterocycles. The minimum absolute atomic E-state index is 0.523. The van der Waals surface area contributed by atoms with E-state index in [1.54, 1.807) is 0 Å². The lowest BCUT2D eigenvalue weighted by atomic mass is 10.1. The maximum Gasteiger partial charge on any atom is 0.181 e. The molecule has 4 rings (SSSR count). The Morgan fingerprint density at radius 2 is 2.05 bits per heavy atom. The fourth-order valence-electron chi connectivity index (χ4n) is 3.69. The Hall–Kier alpha value is -1.10. The predicted molar refractivity (Wildman–Crippen MR) is 73.1 cm³/mol. The van der Waals surface area contributed by atoms with E-state index in [4.69, 9.17) is 4.74 Å². The van der Waals surface area contributed by atoms with Crippen molar-refractivity contribution in [2.24, 2.45) is 0 Å². The summed E-state index contributed by atoms with van der Waals surface area (Å²) in [5.41, 5.74) is 2.10. The molecule has 0 radical (unpaired) electrons. The number of anilines is 1. The molecule has 1 aromatic rings. The van der Waals surface area contributed by atoms with Crippen molar-refractivity contribution < 1.29 is 9.84 Å². The quantitative estimate of drug-likeness (QED) is 0.655. The van der Waals surface area contributed by atoms with Crippen LogP contribution in [0, 0.1) is 0 Å². The van der Waals surface area contributed by atoms with Crippen molar-refractivity contribution in [3.63, 3.8) is 0 Å². The van der Waals surface area contributed by atoms with Gasteiger partial charge < -0.3 is 14.7 Å². The Balaban J connectivity index is 1.47. The van der Waals surface area contributed by atoms with Gasteiger partial charge in [-0.3, -0.25) is 4.90 Å². The van der Waals surface area contributed by atoms with E-state index in [1.165, 1.54) is 12.1 Å². The number of aliphatic hydroxyl groups is 1. The lowest BCUT2D eigenvalue weighted by Gasteiger charge is -2.36. The van der Waals surface area contributed by atoms with Crippen LogP contribution in [0.2, 0.25) is 0 Å². The zero-order valence-corrected chi connectivity index (χ0v) is 11.2. The second-order valence-corrected chi connectivity index (χ2v) is 5.78. The smallest absolute Gasteiger partial charge is 0.181 e. The number of hydrogen-bond acceptors (Lipinski definition) is 4. The van der Waals surface area contributed by atoms with Crippen LogP contribution in [0.5, 0.6) is 0 Å². The molecule has 5 atom stereocenters. The molecule has 5 unspecified atom stereocenters. The first kappa shape index (κ1) is 11.7. The normalized spacial score (nSPS) is 36.4. The molecule has 0 amide bonds. The number of nitrogens with zero attached hydrogens (tertiary/aromatic N) is 2. The van der Waals surface area contributed by atoms with Gasteiger partial charge in [-0.2, -0.15) is 0 Å². The fourth-order valence-corrected chi connectivity index (χ4v) is 3.69. The summed E-state index contributed by atoms with van der Waals surface area (Å²) >= 11 is 0. The van der Waals surface area contributed by atoms with Crippen LogP contribution >= 0.6 is 0 Å². The number of piperazine rings is 1. The number of rotatable bonds is 4. The largest absolute Gasteiger partial charge is 0.368 e. The molecule has 0 bridgehead atoms. The first-order valence-corrected chi connectivity index (χ1v) is 7.20. The van der Waals surface area contributed by atoms with Crippen molar-refractivity contribution >= 4 is 5.69 Å². The molecule has 1 N–H and O–H groups in total. The molecule has 0 aliphatic carbocycles. The van der Waals surface area contributed by atoms with E-state index in [0.29, 0.717) is 6.61 Å². The monoisotopic (exact) mass is 260 g/mol. The van der Waals surface area contributed by atoms with Crippen LogP contribution in [0.4, 0.5) is 5.69 Å². The second kappa shape index (κ2) is 4.20. The van der Waals surface area contributed by atoms with E-state index < -0.39 is 6.29 Å². The SMILES string of the molecule is CCOC(O)c1ccc(N2CC3CC4C(C2)N34)cc1. The molecule has 19 heavy (non-hydrogen) atoms. The van der Waals surface area contributed by atoms with Crippen molar-refractivity contribution in [3.8, 4) is 0 Å². The predicted octanol–water partition coefficient (Wildman–Crippen LogP) is 1.36. The summed E-state index contributed by atoms with van der Waals surface area (Å²) < 4.78 is 5.20. The summed E-state index contributed by atoms with van der Waals surface area (Å²) in [4.78, 5) is 5.12. The van der Waals surface area contributed by atoms with E-state index in [9.17, 15) is 5.11 Å². The summed E-state index contributed by atoms with van der Waals surface area (Å²) in [7, 11) is 0. The van der Waals surface area contributed by atoms with Crippen molar-refractivity contribution in [3.05, 3.63) is 29.8 Å². The Kier molecular flexibility index (Phi) is 2.59. The van der Waals surface area contributed by atoms with Gasteiger partial charge in [0.25, 0.3) is 0 Å². The molecule has 102 valence electrons. The maximum absolute atomic E-state index is 9.78. The van der Waals surface area contributed by atoms with Gasteiger partial charge >= 0.3 is 0 Å². The van der Waals surface area contributed by atoms with E-state index in [0.717, 1.165) is 36.8 Å². The number of hydrogen-bond donors (Lipinski definition) is 1. The minimum atomic E-state index is -0.799. The van der Waals surface area contributed by atoms with Crippen molar-refractivity contribution in [2.45, 2.75) is 37.8 Å². The Labute approximate surface area is 113 Å². The molecule has 1 aromatic carbocycles. The maximum atomic E-state index is 9.78. The van der Waals surface area contributed by atoms with Gasteiger partial charge in [0.15, 0.2) is 6.29 Å². The van der Waals surface area contributed by atoms with Crippen molar-refractivity contribution in [1.82, 2.24) is 4.90 Å². The van der Waals surface area contributed by atoms with Crippen LogP contribution in [0.1, 0.15) is 25.2 Å². The van der Waals surface area contributed by atoms with Crippen LogP contribution in [-0.4, -0.2) is 47.8 Å². The third kappa shape index (κ3) is 1.78. The van der Waals surface area contributed by atoms with E-state index >= 15 is 0 Å². The number of benzene rings is 1. The molecule has 3 saturated heterocycles. The standard InChI is InChI=1S/C15H20N2O2/c1-2-19-15(18)10-3-5-11(6-4-10)16-8-12-7-13-14(9-16)17(12)13/h3-6,12-15,18H,2,7-9H2,1H3. The van der Waals surface area contributed by atoms with Gasteiger partial charge in [-0.05, 0) is 25.5 Å². The molecule has 0 saturated carbocycles. The molecule has 0 spiro atoms.